The average Bonchev–Trinajstić information content (AvgIpc) is 2.22. The number of aliphatic hydroxyl groups excluding tert-OH is 3. The summed E-state index contributed by atoms with van der Waals surface area (Å²) < 4.78 is 10.2. The standard InChI is InChI=1S/C8H15ClO5/c1-13-8(4-10)7(12)6(11)2-5(3-9)14-8/h5-7,10-12H,2-4H2,1H3/t5-,6+,7-,8-/m0/s1. The highest BCUT2D eigenvalue weighted by Gasteiger charge is 2.49. The molecule has 0 radical (unpaired) electrons. The highest BCUT2D eigenvalue weighted by atomic mass is 35.5. The molecule has 0 unspecified atom stereocenters. The monoisotopic (exact) mass is 226 g/mol. The Balaban J connectivity index is 2.80. The van der Waals surface area contributed by atoms with Crippen molar-refractivity contribution in [3.05, 3.63) is 0 Å². The molecule has 1 heterocycles. The minimum absolute atomic E-state index is 0.175. The third-order valence-electron chi connectivity index (χ3n) is 2.42. The number of alkyl halides is 1. The molecule has 6 heteroatoms. The minimum atomic E-state index is -1.56. The largest absolute Gasteiger partial charge is 0.391 e. The van der Waals surface area contributed by atoms with Crippen LogP contribution < -0.4 is 0 Å². The molecule has 0 aromatic heterocycles. The first kappa shape index (κ1) is 12.2. The number of rotatable bonds is 3. The topological polar surface area (TPSA) is 79.2 Å². The Bertz CT molecular complexity index is 185. The maximum Gasteiger partial charge on any atom is 0.221 e. The molecule has 0 spiro atoms. The summed E-state index contributed by atoms with van der Waals surface area (Å²) in [7, 11) is 1.29. The van der Waals surface area contributed by atoms with E-state index < -0.39 is 30.7 Å². The van der Waals surface area contributed by atoms with Gasteiger partial charge in [0.15, 0.2) is 0 Å². The molecule has 3 N–H and O–H groups in total. The van der Waals surface area contributed by atoms with Crippen molar-refractivity contribution in [1.82, 2.24) is 0 Å². The van der Waals surface area contributed by atoms with Crippen molar-refractivity contribution in [2.24, 2.45) is 0 Å². The number of aliphatic hydroxyl groups is 3. The molecule has 0 saturated carbocycles. The maximum atomic E-state index is 9.60. The highest BCUT2D eigenvalue weighted by molar-refractivity contribution is 6.18. The molecule has 84 valence electrons. The van der Waals surface area contributed by atoms with Gasteiger partial charge < -0.3 is 24.8 Å². The second-order valence-electron chi connectivity index (χ2n) is 3.32. The van der Waals surface area contributed by atoms with Gasteiger partial charge in [-0.3, -0.25) is 0 Å². The van der Waals surface area contributed by atoms with Crippen LogP contribution in [0, 0.1) is 0 Å². The van der Waals surface area contributed by atoms with Gasteiger partial charge in [-0.2, -0.15) is 0 Å². The van der Waals surface area contributed by atoms with E-state index in [1.165, 1.54) is 7.11 Å². The van der Waals surface area contributed by atoms with Gasteiger partial charge in [0, 0.05) is 19.4 Å². The van der Waals surface area contributed by atoms with Crippen LogP contribution >= 0.6 is 11.6 Å². The van der Waals surface area contributed by atoms with Crippen LogP contribution in [-0.2, 0) is 9.47 Å². The zero-order valence-corrected chi connectivity index (χ0v) is 8.65. The van der Waals surface area contributed by atoms with E-state index in [4.69, 9.17) is 26.2 Å². The van der Waals surface area contributed by atoms with Gasteiger partial charge in [-0.25, -0.2) is 0 Å². The van der Waals surface area contributed by atoms with Crippen molar-refractivity contribution < 1.29 is 24.8 Å². The number of halogens is 1. The molecule has 1 fully saturated rings. The molecule has 4 atom stereocenters. The van der Waals surface area contributed by atoms with Crippen molar-refractivity contribution in [3.63, 3.8) is 0 Å². The smallest absolute Gasteiger partial charge is 0.221 e. The minimum Gasteiger partial charge on any atom is -0.391 e. The van der Waals surface area contributed by atoms with E-state index in [9.17, 15) is 10.2 Å². The van der Waals surface area contributed by atoms with Crippen molar-refractivity contribution in [2.45, 2.75) is 30.5 Å². The first-order chi connectivity index (χ1) is 6.59. The van der Waals surface area contributed by atoms with Crippen LogP contribution in [0.1, 0.15) is 6.42 Å². The molecule has 1 aliphatic heterocycles. The predicted octanol–water partition coefficient (Wildman–Crippen LogP) is -0.929. The number of methoxy groups -OCH3 is 1. The normalized spacial score (nSPS) is 43.9. The predicted molar refractivity (Wildman–Crippen MR) is 49.0 cm³/mol. The zero-order valence-electron chi connectivity index (χ0n) is 7.89. The Labute approximate surface area is 87.2 Å². The van der Waals surface area contributed by atoms with Crippen LogP contribution in [0.25, 0.3) is 0 Å². The van der Waals surface area contributed by atoms with Gasteiger partial charge in [-0.15, -0.1) is 11.6 Å². The molecule has 0 aromatic carbocycles. The van der Waals surface area contributed by atoms with Crippen LogP contribution in [0.15, 0.2) is 0 Å². The molecule has 14 heavy (non-hydrogen) atoms. The molecule has 0 aliphatic carbocycles. The second kappa shape index (κ2) is 4.74. The Kier molecular flexibility index (Phi) is 4.12. The highest BCUT2D eigenvalue weighted by Crippen LogP contribution is 2.30. The van der Waals surface area contributed by atoms with E-state index in [0.29, 0.717) is 0 Å². The lowest BCUT2D eigenvalue weighted by Crippen LogP contribution is -2.61. The SMILES string of the molecule is CO[C@@]1(CO)O[C@H](CCl)C[C@@H](O)[C@@H]1O. The fourth-order valence-corrected chi connectivity index (χ4v) is 1.74. The van der Waals surface area contributed by atoms with Crippen LogP contribution in [-0.4, -0.2) is 59.0 Å². The maximum absolute atomic E-state index is 9.60. The van der Waals surface area contributed by atoms with E-state index in [1.54, 1.807) is 0 Å². The third kappa shape index (κ3) is 2.03. The van der Waals surface area contributed by atoms with Gasteiger partial charge in [0.05, 0.1) is 12.2 Å². The summed E-state index contributed by atoms with van der Waals surface area (Å²) in [6.07, 6.45) is -2.46. The summed E-state index contributed by atoms with van der Waals surface area (Å²) in [4.78, 5) is 0. The molecular weight excluding hydrogens is 212 g/mol. The van der Waals surface area contributed by atoms with Crippen molar-refractivity contribution >= 4 is 11.6 Å². The van der Waals surface area contributed by atoms with Gasteiger partial charge >= 0.3 is 0 Å². The first-order valence-electron chi connectivity index (χ1n) is 4.35. The van der Waals surface area contributed by atoms with Crippen LogP contribution in [0.2, 0.25) is 0 Å². The fraction of sp³-hybridized carbons (Fsp3) is 1.00. The summed E-state index contributed by atoms with van der Waals surface area (Å²) in [6, 6.07) is 0. The van der Waals surface area contributed by atoms with Crippen molar-refractivity contribution in [2.75, 3.05) is 19.6 Å². The Morgan fingerprint density at radius 2 is 2.21 bits per heavy atom. The first-order valence-corrected chi connectivity index (χ1v) is 4.89. The van der Waals surface area contributed by atoms with Crippen LogP contribution in [0.4, 0.5) is 0 Å². The molecule has 0 aromatic rings. The van der Waals surface area contributed by atoms with Gasteiger partial charge in [-0.05, 0) is 0 Å². The Morgan fingerprint density at radius 3 is 2.64 bits per heavy atom. The lowest BCUT2D eigenvalue weighted by Gasteiger charge is -2.44. The van der Waals surface area contributed by atoms with E-state index in [0.717, 1.165) is 0 Å². The van der Waals surface area contributed by atoms with Gasteiger partial charge in [0.1, 0.15) is 12.7 Å². The summed E-state index contributed by atoms with van der Waals surface area (Å²) in [5.41, 5.74) is 0. The van der Waals surface area contributed by atoms with Crippen molar-refractivity contribution in [3.8, 4) is 0 Å². The van der Waals surface area contributed by atoms with Crippen LogP contribution in [0.5, 0.6) is 0 Å². The summed E-state index contributed by atoms with van der Waals surface area (Å²) in [6.45, 7) is -0.533. The van der Waals surface area contributed by atoms with Gasteiger partial charge in [0.2, 0.25) is 5.79 Å². The second-order valence-corrected chi connectivity index (χ2v) is 3.62. The Morgan fingerprint density at radius 1 is 1.57 bits per heavy atom. The summed E-state index contributed by atoms with van der Waals surface area (Å²) in [5.74, 6) is -1.38. The number of hydrogen-bond donors (Lipinski definition) is 3. The summed E-state index contributed by atoms with van der Waals surface area (Å²) in [5, 5.41) is 28.2. The molecule has 1 saturated heterocycles. The van der Waals surface area contributed by atoms with E-state index in [2.05, 4.69) is 0 Å². The third-order valence-corrected chi connectivity index (χ3v) is 2.77. The average molecular weight is 227 g/mol. The fourth-order valence-electron chi connectivity index (χ4n) is 1.55. The number of hydrogen-bond acceptors (Lipinski definition) is 5. The van der Waals surface area contributed by atoms with E-state index >= 15 is 0 Å². The van der Waals surface area contributed by atoms with Crippen LogP contribution in [0.3, 0.4) is 0 Å². The number of ether oxygens (including phenoxy) is 2. The molecular formula is C8H15ClO5. The molecule has 5 nitrogen and oxygen atoms in total. The lowest BCUT2D eigenvalue weighted by molar-refractivity contribution is -0.339. The molecule has 1 aliphatic rings. The van der Waals surface area contributed by atoms with Gasteiger partial charge in [-0.1, -0.05) is 0 Å². The summed E-state index contributed by atoms with van der Waals surface area (Å²) >= 11 is 5.58. The van der Waals surface area contributed by atoms with E-state index in [-0.39, 0.29) is 12.3 Å². The molecule has 0 bridgehead atoms. The molecule has 0 amide bonds. The molecule has 1 rings (SSSR count). The quantitative estimate of drug-likeness (QED) is 0.542. The van der Waals surface area contributed by atoms with Crippen molar-refractivity contribution in [1.29, 1.82) is 0 Å². The van der Waals surface area contributed by atoms with E-state index in [1.807, 2.05) is 0 Å². The zero-order chi connectivity index (χ0) is 10.8. The lowest BCUT2D eigenvalue weighted by atomic mass is 9.96. The Hall–Kier alpha value is 0.0900. The van der Waals surface area contributed by atoms with Gasteiger partial charge in [0.25, 0.3) is 0 Å².